The zero-order valence-electron chi connectivity index (χ0n) is 9.67. The number of hydrogen-bond donors (Lipinski definition) is 4. The van der Waals surface area contributed by atoms with Crippen LogP contribution in [0.2, 0.25) is 0 Å². The summed E-state index contributed by atoms with van der Waals surface area (Å²) in [6.45, 7) is 0.236. The van der Waals surface area contributed by atoms with Crippen molar-refractivity contribution < 1.29 is 19.1 Å². The lowest BCUT2D eigenvalue weighted by atomic mass is 10.5. The average molecular weight is 289 g/mol. The van der Waals surface area contributed by atoms with Crippen molar-refractivity contribution in [3.63, 3.8) is 0 Å². The third-order valence-electron chi connectivity index (χ3n) is 2.11. The number of ether oxygens (including phenoxy) is 1. The molecule has 0 aliphatic heterocycles. The molecule has 6 N–H and O–H groups in total. The quantitative estimate of drug-likeness (QED) is 0.375. The first kappa shape index (κ1) is 13.6. The summed E-state index contributed by atoms with van der Waals surface area (Å²) in [5.41, 5.74) is 11.7. The van der Waals surface area contributed by atoms with Crippen molar-refractivity contribution in [2.75, 3.05) is 24.4 Å². The van der Waals surface area contributed by atoms with Gasteiger partial charge in [-0.3, -0.25) is 4.57 Å². The number of aromatic nitrogens is 5. The van der Waals surface area contributed by atoms with Gasteiger partial charge in [0.2, 0.25) is 5.95 Å². The normalized spacial score (nSPS) is 12.1. The Kier molecular flexibility index (Phi) is 3.62. The minimum absolute atomic E-state index is 0.00955. The number of fused-ring (bicyclic) bond motifs is 1. The second kappa shape index (κ2) is 5.05. The van der Waals surface area contributed by atoms with E-state index in [0.29, 0.717) is 11.2 Å². The maximum Gasteiger partial charge on any atom is 0.350 e. The fourth-order valence-electron chi connectivity index (χ4n) is 1.38. The number of nitrogens with zero attached hydrogens (tertiary/aromatic N) is 5. The molecule has 0 fully saturated rings. The molecule has 2 rings (SSSR count). The molecule has 0 saturated carbocycles. The molecule has 0 aliphatic carbocycles. The second-order valence-corrected chi connectivity index (χ2v) is 5.24. The van der Waals surface area contributed by atoms with Crippen LogP contribution in [-0.4, -0.2) is 47.7 Å². The molecule has 2 aromatic rings. The van der Waals surface area contributed by atoms with E-state index in [2.05, 4.69) is 20.3 Å². The van der Waals surface area contributed by atoms with Crippen molar-refractivity contribution in [3.8, 4) is 0 Å². The number of anilines is 2. The van der Waals surface area contributed by atoms with Gasteiger partial charge in [-0.05, 0) is 0 Å². The van der Waals surface area contributed by atoms with E-state index in [1.807, 2.05) is 0 Å². The van der Waals surface area contributed by atoms with Gasteiger partial charge in [-0.25, -0.2) is 4.68 Å². The Morgan fingerprint density at radius 2 is 2.05 bits per heavy atom. The molecular formula is C7H12N7O4P. The lowest BCUT2D eigenvalue weighted by Gasteiger charge is -2.05. The largest absolute Gasteiger partial charge is 0.382 e. The minimum atomic E-state index is -4.17. The van der Waals surface area contributed by atoms with E-state index in [1.54, 1.807) is 0 Å². The highest BCUT2D eigenvalue weighted by Crippen LogP contribution is 2.33. The fraction of sp³-hybridized carbons (Fsp3) is 0.429. The van der Waals surface area contributed by atoms with Gasteiger partial charge in [0.25, 0.3) is 0 Å². The van der Waals surface area contributed by atoms with E-state index < -0.39 is 13.9 Å². The van der Waals surface area contributed by atoms with Crippen LogP contribution < -0.4 is 11.5 Å². The molecule has 0 radical (unpaired) electrons. The lowest BCUT2D eigenvalue weighted by molar-refractivity contribution is 0.146. The molecule has 0 spiro atoms. The highest BCUT2D eigenvalue weighted by Gasteiger charge is 2.14. The Morgan fingerprint density at radius 1 is 1.32 bits per heavy atom. The Bertz CT molecular complexity index is 638. The fourth-order valence-corrected chi connectivity index (χ4v) is 1.75. The lowest BCUT2D eigenvalue weighted by Crippen LogP contribution is -2.10. The second-order valence-electron chi connectivity index (χ2n) is 3.65. The summed E-state index contributed by atoms with van der Waals surface area (Å²) < 4.78 is 16.8. The number of hydrogen-bond acceptors (Lipinski definition) is 8. The Hall–Kier alpha value is -1.81. The van der Waals surface area contributed by atoms with Gasteiger partial charge in [-0.1, -0.05) is 5.21 Å². The van der Waals surface area contributed by atoms with Gasteiger partial charge in [0.05, 0.1) is 13.2 Å². The maximum atomic E-state index is 10.6. The standard InChI is InChI=1S/C7H12N7O4P/c8-5-4-6(11-7(9)10-5)14(13-12-4)1-2-18-3-19(15,16)17/h1-3H2,(H2,15,16,17)(H4,8,9,10,11). The number of nitrogen functional groups attached to an aromatic ring is 2. The van der Waals surface area contributed by atoms with Crippen LogP contribution in [0.5, 0.6) is 0 Å². The van der Waals surface area contributed by atoms with Crippen molar-refractivity contribution in [1.29, 1.82) is 0 Å². The molecule has 104 valence electrons. The van der Waals surface area contributed by atoms with Crippen LogP contribution in [0.15, 0.2) is 0 Å². The van der Waals surface area contributed by atoms with Gasteiger partial charge < -0.3 is 26.0 Å². The number of nitrogens with two attached hydrogens (primary N) is 2. The van der Waals surface area contributed by atoms with Gasteiger partial charge in [0.15, 0.2) is 17.0 Å². The summed E-state index contributed by atoms with van der Waals surface area (Å²) in [5, 5.41) is 7.57. The molecular weight excluding hydrogens is 277 g/mol. The monoisotopic (exact) mass is 289 g/mol. The molecule has 0 amide bonds. The van der Waals surface area contributed by atoms with Crippen molar-refractivity contribution >= 4 is 30.5 Å². The van der Waals surface area contributed by atoms with Crippen molar-refractivity contribution in [3.05, 3.63) is 0 Å². The summed E-state index contributed by atoms with van der Waals surface area (Å²) >= 11 is 0. The molecule has 0 aromatic carbocycles. The van der Waals surface area contributed by atoms with Crippen LogP contribution in [0.1, 0.15) is 0 Å². The molecule has 0 atom stereocenters. The van der Waals surface area contributed by atoms with E-state index in [1.165, 1.54) is 4.68 Å². The van der Waals surface area contributed by atoms with Gasteiger partial charge >= 0.3 is 7.60 Å². The molecule has 2 aromatic heterocycles. The third kappa shape index (κ3) is 3.35. The summed E-state index contributed by atoms with van der Waals surface area (Å²) in [6, 6.07) is 0. The third-order valence-corrected chi connectivity index (χ3v) is 2.63. The highest BCUT2D eigenvalue weighted by molar-refractivity contribution is 7.51. The first-order chi connectivity index (χ1) is 8.87. The van der Waals surface area contributed by atoms with Crippen molar-refractivity contribution in [2.45, 2.75) is 6.54 Å². The maximum absolute atomic E-state index is 10.6. The SMILES string of the molecule is Nc1nc(N)c2nnn(CCOCP(=O)(O)O)c2n1. The van der Waals surface area contributed by atoms with Crippen LogP contribution in [0.25, 0.3) is 11.2 Å². The molecule has 0 saturated heterocycles. The smallest absolute Gasteiger partial charge is 0.350 e. The summed E-state index contributed by atoms with van der Waals surface area (Å²) in [6.07, 6.45) is -0.654. The van der Waals surface area contributed by atoms with Crippen LogP contribution in [-0.2, 0) is 15.8 Å². The summed E-state index contributed by atoms with van der Waals surface area (Å²) in [7, 11) is -4.17. The first-order valence-electron chi connectivity index (χ1n) is 5.11. The predicted molar refractivity (Wildman–Crippen MR) is 64.8 cm³/mol. The van der Waals surface area contributed by atoms with Crippen LogP contribution >= 0.6 is 7.60 Å². The van der Waals surface area contributed by atoms with Gasteiger partial charge in [0, 0.05) is 0 Å². The number of rotatable bonds is 5. The zero-order valence-corrected chi connectivity index (χ0v) is 10.6. The van der Waals surface area contributed by atoms with E-state index >= 15 is 0 Å². The van der Waals surface area contributed by atoms with Crippen LogP contribution in [0.4, 0.5) is 11.8 Å². The Labute approximate surface area is 106 Å². The van der Waals surface area contributed by atoms with Gasteiger partial charge in [0.1, 0.15) is 6.35 Å². The van der Waals surface area contributed by atoms with Gasteiger partial charge in [-0.2, -0.15) is 9.97 Å². The average Bonchev–Trinajstić information content (AvgIpc) is 2.66. The molecule has 12 heteroatoms. The van der Waals surface area contributed by atoms with Crippen LogP contribution in [0.3, 0.4) is 0 Å². The molecule has 0 bridgehead atoms. The highest BCUT2D eigenvalue weighted by atomic mass is 31.2. The van der Waals surface area contributed by atoms with E-state index in [-0.39, 0.29) is 24.9 Å². The topological polar surface area (TPSA) is 175 Å². The van der Waals surface area contributed by atoms with E-state index in [0.717, 1.165) is 0 Å². The molecule has 0 unspecified atom stereocenters. The summed E-state index contributed by atoms with van der Waals surface area (Å²) in [4.78, 5) is 24.9. The Balaban J connectivity index is 2.07. The summed E-state index contributed by atoms with van der Waals surface area (Å²) in [5.74, 6) is 0.106. The van der Waals surface area contributed by atoms with E-state index in [9.17, 15) is 4.57 Å². The molecule has 19 heavy (non-hydrogen) atoms. The first-order valence-corrected chi connectivity index (χ1v) is 6.91. The molecule has 0 aliphatic rings. The molecule has 2 heterocycles. The predicted octanol–water partition coefficient (Wildman–Crippen LogP) is -1.46. The zero-order chi connectivity index (χ0) is 14.0. The van der Waals surface area contributed by atoms with Crippen LogP contribution in [0, 0.1) is 0 Å². The minimum Gasteiger partial charge on any atom is -0.382 e. The Morgan fingerprint density at radius 3 is 2.74 bits per heavy atom. The molecule has 11 nitrogen and oxygen atoms in total. The van der Waals surface area contributed by atoms with Gasteiger partial charge in [-0.15, -0.1) is 5.10 Å². The van der Waals surface area contributed by atoms with E-state index in [4.69, 9.17) is 26.0 Å². The van der Waals surface area contributed by atoms with Crippen molar-refractivity contribution in [1.82, 2.24) is 25.0 Å². The van der Waals surface area contributed by atoms with Crippen molar-refractivity contribution in [2.24, 2.45) is 0 Å².